The van der Waals surface area contributed by atoms with E-state index in [1.54, 1.807) is 5.56 Å². The maximum absolute atomic E-state index is 3.32. The highest BCUT2D eigenvalue weighted by Gasteiger charge is 2.44. The Hall–Kier alpha value is -1.28. The summed E-state index contributed by atoms with van der Waals surface area (Å²) >= 11 is 0. The van der Waals surface area contributed by atoms with Gasteiger partial charge in [-0.15, -0.1) is 0 Å². The zero-order chi connectivity index (χ0) is 14.4. The Bertz CT molecular complexity index is 619. The molecule has 3 saturated carbocycles. The molecule has 5 rings (SSSR count). The van der Waals surface area contributed by atoms with E-state index in [2.05, 4.69) is 54.4 Å². The molecule has 0 radical (unpaired) electrons. The van der Waals surface area contributed by atoms with Gasteiger partial charge in [-0.2, -0.15) is 0 Å². The molecule has 1 aromatic carbocycles. The number of nitrogens with one attached hydrogen (secondary N) is 1. The Balaban J connectivity index is 1.72. The minimum Gasteiger partial charge on any atom is -0.361 e. The number of hydrogen-bond donors (Lipinski definition) is 1. The normalized spacial score (nSPS) is 32.1. The zero-order valence-electron chi connectivity index (χ0n) is 13.2. The van der Waals surface area contributed by atoms with Crippen LogP contribution >= 0.6 is 0 Å². The van der Waals surface area contributed by atoms with Crippen molar-refractivity contribution >= 4 is 10.9 Å². The molecule has 0 unspecified atom stereocenters. The molecule has 0 aliphatic heterocycles. The number of aromatic amines is 1. The first kappa shape index (κ1) is 13.4. The smallest absolute Gasteiger partial charge is 0.0454 e. The molecule has 0 spiro atoms. The van der Waals surface area contributed by atoms with Gasteiger partial charge in [0.05, 0.1) is 0 Å². The predicted octanol–water partition coefficient (Wildman–Crippen LogP) is 4.25. The van der Waals surface area contributed by atoms with Crippen molar-refractivity contribution in [1.29, 1.82) is 0 Å². The third kappa shape index (κ3) is 2.30. The van der Waals surface area contributed by atoms with E-state index in [0.717, 1.165) is 23.7 Å². The summed E-state index contributed by atoms with van der Waals surface area (Å²) in [7, 11) is 4.46. The number of hydrogen-bond acceptors (Lipinski definition) is 1. The molecule has 21 heavy (non-hydrogen) atoms. The molecule has 2 aromatic rings. The number of aromatic nitrogens is 1. The Morgan fingerprint density at radius 2 is 1.81 bits per heavy atom. The van der Waals surface area contributed by atoms with Crippen molar-refractivity contribution in [2.45, 2.75) is 31.6 Å². The highest BCUT2D eigenvalue weighted by atomic mass is 15.1. The Kier molecular flexibility index (Phi) is 3.30. The number of rotatable bonds is 3. The van der Waals surface area contributed by atoms with Crippen molar-refractivity contribution in [3.05, 3.63) is 36.0 Å². The van der Waals surface area contributed by atoms with Gasteiger partial charge in [-0.3, -0.25) is 0 Å². The van der Waals surface area contributed by atoms with Crippen LogP contribution in [0.25, 0.3) is 10.9 Å². The van der Waals surface area contributed by atoms with Crippen LogP contribution < -0.4 is 0 Å². The summed E-state index contributed by atoms with van der Waals surface area (Å²) in [5, 5.41) is 1.37. The highest BCUT2D eigenvalue weighted by molar-refractivity contribution is 5.80. The fraction of sp³-hybridized carbons (Fsp3) is 0.579. The summed E-state index contributed by atoms with van der Waals surface area (Å²) in [6.45, 7) is 1.25. The maximum atomic E-state index is 3.32. The van der Waals surface area contributed by atoms with Gasteiger partial charge < -0.3 is 9.88 Å². The van der Waals surface area contributed by atoms with Gasteiger partial charge in [0.1, 0.15) is 0 Å². The second-order valence-electron chi connectivity index (χ2n) is 7.45. The quantitative estimate of drug-likeness (QED) is 0.891. The predicted molar refractivity (Wildman–Crippen MR) is 88.5 cm³/mol. The highest BCUT2D eigenvalue weighted by Crippen LogP contribution is 2.53. The molecule has 112 valence electrons. The lowest BCUT2D eigenvalue weighted by atomic mass is 9.57. The Labute approximate surface area is 127 Å². The third-order valence-corrected chi connectivity index (χ3v) is 5.93. The lowest BCUT2D eigenvalue weighted by Gasteiger charge is -2.50. The van der Waals surface area contributed by atoms with Crippen LogP contribution in [0.1, 0.15) is 37.2 Å². The summed E-state index contributed by atoms with van der Waals surface area (Å²) in [6.07, 6.45) is 7.88. The molecular formula is C19H26N2. The minimum absolute atomic E-state index is 0.777. The van der Waals surface area contributed by atoms with Gasteiger partial charge in [-0.1, -0.05) is 6.07 Å². The van der Waals surface area contributed by atoms with Crippen molar-refractivity contribution in [2.24, 2.45) is 17.8 Å². The van der Waals surface area contributed by atoms with E-state index in [1.165, 1.54) is 43.1 Å². The van der Waals surface area contributed by atoms with Gasteiger partial charge in [0.15, 0.2) is 0 Å². The standard InChI is InChI=1S/C19H26N2/c1-21(2)12-17-13-3-5-14(6-4-13)19(17)16-7-8-18-15(11-16)9-10-20-18/h7-11,13-14,17,19-20H,3-6,12H2,1-2H3/t13?,14?,17-,19+/m1/s1. The molecule has 2 atom stereocenters. The van der Waals surface area contributed by atoms with Gasteiger partial charge in [-0.25, -0.2) is 0 Å². The van der Waals surface area contributed by atoms with Crippen LogP contribution in [-0.4, -0.2) is 30.5 Å². The molecule has 1 N–H and O–H groups in total. The van der Waals surface area contributed by atoms with Crippen molar-refractivity contribution < 1.29 is 0 Å². The van der Waals surface area contributed by atoms with Gasteiger partial charge in [0.2, 0.25) is 0 Å². The second kappa shape index (κ2) is 5.17. The lowest BCUT2D eigenvalue weighted by Crippen LogP contribution is -2.43. The van der Waals surface area contributed by atoms with Crippen LogP contribution in [0.5, 0.6) is 0 Å². The Morgan fingerprint density at radius 1 is 1.05 bits per heavy atom. The summed E-state index contributed by atoms with van der Waals surface area (Å²) in [6, 6.07) is 9.31. The molecule has 2 bridgehead atoms. The van der Waals surface area contributed by atoms with E-state index in [1.807, 2.05) is 0 Å². The van der Waals surface area contributed by atoms with E-state index >= 15 is 0 Å². The van der Waals surface area contributed by atoms with E-state index in [9.17, 15) is 0 Å². The van der Waals surface area contributed by atoms with E-state index < -0.39 is 0 Å². The number of H-pyrrole nitrogens is 1. The SMILES string of the molecule is CN(C)C[C@@H]1C2CCC(CC2)[C@H]1c1ccc2[nH]ccc2c1. The monoisotopic (exact) mass is 282 g/mol. The van der Waals surface area contributed by atoms with Crippen molar-refractivity contribution in [1.82, 2.24) is 9.88 Å². The first-order chi connectivity index (χ1) is 10.2. The van der Waals surface area contributed by atoms with E-state index in [0.29, 0.717) is 0 Å². The summed E-state index contributed by atoms with van der Waals surface area (Å²) in [5.74, 6) is 3.49. The Morgan fingerprint density at radius 3 is 2.57 bits per heavy atom. The zero-order valence-corrected chi connectivity index (χ0v) is 13.2. The van der Waals surface area contributed by atoms with Crippen molar-refractivity contribution in [2.75, 3.05) is 20.6 Å². The molecule has 3 fully saturated rings. The molecule has 3 aliphatic rings. The fourth-order valence-corrected chi connectivity index (χ4v) is 5.06. The number of benzene rings is 1. The third-order valence-electron chi connectivity index (χ3n) is 5.93. The van der Waals surface area contributed by atoms with Crippen LogP contribution in [0.2, 0.25) is 0 Å². The topological polar surface area (TPSA) is 19.0 Å². The lowest BCUT2D eigenvalue weighted by molar-refractivity contribution is 0.0507. The van der Waals surface area contributed by atoms with Crippen molar-refractivity contribution in [3.63, 3.8) is 0 Å². The number of fused-ring (bicyclic) bond motifs is 4. The van der Waals surface area contributed by atoms with Crippen molar-refractivity contribution in [3.8, 4) is 0 Å². The molecule has 2 heteroatoms. The molecular weight excluding hydrogens is 256 g/mol. The van der Waals surface area contributed by atoms with E-state index in [4.69, 9.17) is 0 Å². The van der Waals surface area contributed by atoms with Crippen LogP contribution in [0, 0.1) is 17.8 Å². The molecule has 1 heterocycles. The summed E-state index contributed by atoms with van der Waals surface area (Å²) in [4.78, 5) is 5.71. The minimum atomic E-state index is 0.777. The van der Waals surface area contributed by atoms with Crippen LogP contribution in [-0.2, 0) is 0 Å². The van der Waals surface area contributed by atoms with Gasteiger partial charge in [0, 0.05) is 18.3 Å². The average molecular weight is 282 g/mol. The maximum Gasteiger partial charge on any atom is 0.0454 e. The summed E-state index contributed by atoms with van der Waals surface area (Å²) in [5.41, 5.74) is 2.85. The second-order valence-corrected chi connectivity index (χ2v) is 7.45. The molecule has 2 nitrogen and oxygen atoms in total. The first-order valence-electron chi connectivity index (χ1n) is 8.44. The van der Waals surface area contributed by atoms with Gasteiger partial charge in [0.25, 0.3) is 0 Å². The molecule has 3 aliphatic carbocycles. The summed E-state index contributed by atoms with van der Waals surface area (Å²) < 4.78 is 0. The molecule has 0 amide bonds. The first-order valence-corrected chi connectivity index (χ1v) is 8.44. The molecule has 1 aromatic heterocycles. The average Bonchev–Trinajstić information content (AvgIpc) is 2.95. The van der Waals surface area contributed by atoms with Crippen LogP contribution in [0.4, 0.5) is 0 Å². The molecule has 0 saturated heterocycles. The largest absolute Gasteiger partial charge is 0.361 e. The number of nitrogens with zero attached hydrogens (tertiary/aromatic N) is 1. The van der Waals surface area contributed by atoms with Gasteiger partial charge >= 0.3 is 0 Å². The van der Waals surface area contributed by atoms with Gasteiger partial charge in [-0.05, 0) is 92.6 Å². The van der Waals surface area contributed by atoms with Crippen LogP contribution in [0.3, 0.4) is 0 Å². The van der Waals surface area contributed by atoms with E-state index in [-0.39, 0.29) is 0 Å². The van der Waals surface area contributed by atoms with Crippen LogP contribution in [0.15, 0.2) is 30.5 Å². The fourth-order valence-electron chi connectivity index (χ4n) is 5.06.